The molecule has 49 heavy (non-hydrogen) atoms. The van der Waals surface area contributed by atoms with Gasteiger partial charge in [-0.25, -0.2) is 4.99 Å². The Bertz CT molecular complexity index is 2470. The van der Waals surface area contributed by atoms with Crippen LogP contribution in [0.2, 0.25) is 10.0 Å². The van der Waals surface area contributed by atoms with Crippen LogP contribution in [0.1, 0.15) is 36.6 Å². The van der Waals surface area contributed by atoms with Crippen LogP contribution in [0.3, 0.4) is 0 Å². The Kier molecular flexibility index (Phi) is 8.90. The van der Waals surface area contributed by atoms with Gasteiger partial charge in [-0.15, -0.1) is 0 Å². The number of benzene rings is 4. The van der Waals surface area contributed by atoms with Gasteiger partial charge in [-0.3, -0.25) is 14.2 Å². The zero-order chi connectivity index (χ0) is 34.2. The van der Waals surface area contributed by atoms with Gasteiger partial charge in [-0.2, -0.15) is 0 Å². The van der Waals surface area contributed by atoms with Gasteiger partial charge in [-0.1, -0.05) is 83.1 Å². The highest BCUT2D eigenvalue weighted by Gasteiger charge is 2.33. The van der Waals surface area contributed by atoms with Crippen LogP contribution in [0.15, 0.2) is 118 Å². The van der Waals surface area contributed by atoms with Gasteiger partial charge < -0.3 is 19.7 Å². The van der Waals surface area contributed by atoms with Gasteiger partial charge in [0.1, 0.15) is 0 Å². The van der Waals surface area contributed by atoms with Gasteiger partial charge in [0.25, 0.3) is 11.5 Å². The number of hydrogen-bond acceptors (Lipinski definition) is 6. The third kappa shape index (κ3) is 6.28. The molecule has 0 saturated carbocycles. The molecule has 2 N–H and O–H groups in total. The summed E-state index contributed by atoms with van der Waals surface area (Å²) in [4.78, 5) is 33.6. The maximum absolute atomic E-state index is 14.4. The van der Waals surface area contributed by atoms with Crippen molar-refractivity contribution in [1.29, 1.82) is 0 Å². The number of para-hydroxylation sites is 2. The summed E-state index contributed by atoms with van der Waals surface area (Å²) in [5.41, 5.74) is 4.55. The fourth-order valence-corrected chi connectivity index (χ4v) is 7.47. The molecule has 4 aromatic carbocycles. The lowest BCUT2D eigenvalue weighted by Crippen LogP contribution is -2.40. The van der Waals surface area contributed by atoms with E-state index < -0.39 is 6.04 Å². The number of carbonyl (C=O) groups is 1. The molecule has 1 atom stereocenters. The van der Waals surface area contributed by atoms with Gasteiger partial charge in [0.2, 0.25) is 0 Å². The van der Waals surface area contributed by atoms with Crippen molar-refractivity contribution < 1.29 is 14.6 Å². The third-order valence-electron chi connectivity index (χ3n) is 8.34. The van der Waals surface area contributed by atoms with E-state index >= 15 is 0 Å². The van der Waals surface area contributed by atoms with Crippen LogP contribution in [0.25, 0.3) is 17.0 Å². The standard InChI is InChI=1S/C38H30Cl2N4O4S/c1-3-48-32-18-24(14-16-31(32)45)35-34(36(46)42-26-9-5-4-6-10-26)22(2)41-38-44(35)37(47)33(49-38)19-25-21-43(30-12-8-7-11-27(25)30)20-23-13-15-28(39)29(40)17-23/h4-19,21,35,45H,3,20H2,1-2H3,(H,42,46)/b33-19-/t35-/m0/s1. The molecule has 8 nitrogen and oxygen atoms in total. The van der Waals surface area contributed by atoms with Crippen molar-refractivity contribution in [2.75, 3.05) is 11.9 Å². The highest BCUT2D eigenvalue weighted by Crippen LogP contribution is 2.36. The zero-order valence-electron chi connectivity index (χ0n) is 26.5. The van der Waals surface area contributed by atoms with E-state index in [1.807, 2.05) is 73.8 Å². The molecule has 11 heteroatoms. The molecule has 6 aromatic rings. The SMILES string of the molecule is CCOc1cc([C@H]2C(C(=O)Nc3ccccc3)=C(C)N=c3s/c(=C\c4cn(Cc5ccc(Cl)c(Cl)c5)c5ccccc45)c(=O)n32)ccc1O. The van der Waals surface area contributed by atoms with Crippen LogP contribution in [-0.2, 0) is 11.3 Å². The van der Waals surface area contributed by atoms with E-state index in [9.17, 15) is 14.7 Å². The quantitative estimate of drug-likeness (QED) is 0.174. The molecule has 246 valence electrons. The Morgan fingerprint density at radius 1 is 1.02 bits per heavy atom. The second kappa shape index (κ2) is 13.4. The van der Waals surface area contributed by atoms with Crippen molar-refractivity contribution in [1.82, 2.24) is 9.13 Å². The molecule has 1 amide bonds. The number of aromatic nitrogens is 2. The number of amides is 1. The average molecular weight is 710 g/mol. The minimum absolute atomic E-state index is 0.0359. The van der Waals surface area contributed by atoms with Crippen molar-refractivity contribution in [2.24, 2.45) is 4.99 Å². The summed E-state index contributed by atoms with van der Waals surface area (Å²) in [5, 5.41) is 15.4. The number of phenols is 1. The van der Waals surface area contributed by atoms with Gasteiger partial charge in [-0.05, 0) is 73.5 Å². The Morgan fingerprint density at radius 3 is 2.57 bits per heavy atom. The largest absolute Gasteiger partial charge is 0.504 e. The maximum Gasteiger partial charge on any atom is 0.271 e. The zero-order valence-corrected chi connectivity index (χ0v) is 28.8. The first kappa shape index (κ1) is 32.5. The number of anilines is 1. The van der Waals surface area contributed by atoms with E-state index in [1.54, 1.807) is 41.8 Å². The number of ether oxygens (including phenoxy) is 1. The predicted molar refractivity (Wildman–Crippen MR) is 196 cm³/mol. The monoisotopic (exact) mass is 708 g/mol. The molecule has 3 heterocycles. The molecule has 0 bridgehead atoms. The number of thiazole rings is 1. The summed E-state index contributed by atoms with van der Waals surface area (Å²) in [7, 11) is 0. The molecule has 2 aromatic heterocycles. The first-order valence-electron chi connectivity index (χ1n) is 15.6. The van der Waals surface area contributed by atoms with Crippen LogP contribution in [0, 0.1) is 0 Å². The van der Waals surface area contributed by atoms with Crippen LogP contribution >= 0.6 is 34.5 Å². The van der Waals surface area contributed by atoms with E-state index in [0.717, 1.165) is 22.0 Å². The second-order valence-corrected chi connectivity index (χ2v) is 13.4. The normalized spacial score (nSPS) is 14.5. The van der Waals surface area contributed by atoms with E-state index in [2.05, 4.69) is 9.88 Å². The molecule has 0 radical (unpaired) electrons. The van der Waals surface area contributed by atoms with Crippen molar-refractivity contribution in [3.8, 4) is 11.5 Å². The Hall–Kier alpha value is -5.09. The lowest BCUT2D eigenvalue weighted by Gasteiger charge is -2.26. The summed E-state index contributed by atoms with van der Waals surface area (Å²) in [6, 6.07) is 26.7. The Labute approximate surface area is 295 Å². The van der Waals surface area contributed by atoms with Crippen molar-refractivity contribution in [2.45, 2.75) is 26.4 Å². The summed E-state index contributed by atoms with van der Waals surface area (Å²) in [6.07, 6.45) is 3.89. The molecule has 0 aliphatic carbocycles. The highest BCUT2D eigenvalue weighted by molar-refractivity contribution is 7.07. The summed E-state index contributed by atoms with van der Waals surface area (Å²) in [5.74, 6) is -0.163. The van der Waals surface area contributed by atoms with Crippen LogP contribution < -0.4 is 24.9 Å². The number of halogens is 2. The number of fused-ring (bicyclic) bond motifs is 2. The number of allylic oxidation sites excluding steroid dienone is 1. The fraction of sp³-hybridized carbons (Fsp3) is 0.132. The maximum atomic E-state index is 14.4. The molecular weight excluding hydrogens is 679 g/mol. The van der Waals surface area contributed by atoms with Crippen LogP contribution in [0.4, 0.5) is 5.69 Å². The molecule has 0 saturated heterocycles. The van der Waals surface area contributed by atoms with E-state index in [4.69, 9.17) is 32.9 Å². The van der Waals surface area contributed by atoms with E-state index in [1.165, 1.54) is 17.4 Å². The van der Waals surface area contributed by atoms with Gasteiger partial charge in [0, 0.05) is 34.9 Å². The minimum atomic E-state index is -0.835. The van der Waals surface area contributed by atoms with Crippen LogP contribution in [0.5, 0.6) is 11.5 Å². The molecule has 1 aliphatic heterocycles. The Morgan fingerprint density at radius 2 is 1.80 bits per heavy atom. The third-order valence-corrected chi connectivity index (χ3v) is 10.1. The number of carbonyl (C=O) groups excluding carboxylic acids is 1. The lowest BCUT2D eigenvalue weighted by molar-refractivity contribution is -0.113. The molecule has 7 rings (SSSR count). The predicted octanol–water partition coefficient (Wildman–Crippen LogP) is 7.29. The number of nitrogens with zero attached hydrogens (tertiary/aromatic N) is 3. The van der Waals surface area contributed by atoms with Crippen molar-refractivity contribution in [3.05, 3.63) is 155 Å². The summed E-state index contributed by atoms with van der Waals surface area (Å²) < 4.78 is 9.82. The van der Waals surface area contributed by atoms with Gasteiger partial charge in [0.15, 0.2) is 16.3 Å². The molecular formula is C38H30Cl2N4O4S. The summed E-state index contributed by atoms with van der Waals surface area (Å²) in [6.45, 7) is 4.47. The number of phenolic OH excluding ortho intramolecular Hbond substituents is 1. The first-order valence-corrected chi connectivity index (χ1v) is 17.2. The average Bonchev–Trinajstić information content (AvgIpc) is 3.59. The minimum Gasteiger partial charge on any atom is -0.504 e. The lowest BCUT2D eigenvalue weighted by atomic mass is 9.94. The smallest absolute Gasteiger partial charge is 0.271 e. The molecule has 0 spiro atoms. The Balaban J connectivity index is 1.37. The number of nitrogens with one attached hydrogen (secondary N) is 1. The fourth-order valence-electron chi connectivity index (χ4n) is 6.12. The molecule has 1 aliphatic rings. The van der Waals surface area contributed by atoms with E-state index in [0.29, 0.717) is 55.1 Å². The molecule has 0 unspecified atom stereocenters. The van der Waals surface area contributed by atoms with Gasteiger partial charge in [0.05, 0.1) is 38.5 Å². The topological polar surface area (TPSA) is 97.9 Å². The number of hydrogen-bond donors (Lipinski definition) is 2. The van der Waals surface area contributed by atoms with Gasteiger partial charge >= 0.3 is 0 Å². The van der Waals surface area contributed by atoms with E-state index in [-0.39, 0.29) is 23.0 Å². The second-order valence-electron chi connectivity index (χ2n) is 11.5. The highest BCUT2D eigenvalue weighted by atomic mass is 35.5. The summed E-state index contributed by atoms with van der Waals surface area (Å²) >= 11 is 13.7. The number of aromatic hydroxyl groups is 1. The first-order chi connectivity index (χ1) is 23.7. The number of rotatable bonds is 8. The molecule has 0 fully saturated rings. The van der Waals surface area contributed by atoms with Crippen molar-refractivity contribution >= 4 is 63.1 Å². The van der Waals surface area contributed by atoms with Crippen molar-refractivity contribution in [3.63, 3.8) is 0 Å². The van der Waals surface area contributed by atoms with Crippen LogP contribution in [-0.4, -0.2) is 26.8 Å².